The lowest BCUT2D eigenvalue weighted by Gasteiger charge is -2.19. The number of nitrogens with zero attached hydrogens (tertiary/aromatic N) is 4. The molecule has 7 heteroatoms. The van der Waals surface area contributed by atoms with Crippen molar-refractivity contribution in [2.75, 3.05) is 20.3 Å². The largest absolute Gasteiger partial charge is 0.493 e. The van der Waals surface area contributed by atoms with Gasteiger partial charge >= 0.3 is 0 Å². The molecule has 4 heterocycles. The van der Waals surface area contributed by atoms with Gasteiger partial charge in [0.1, 0.15) is 0 Å². The van der Waals surface area contributed by atoms with E-state index in [1.165, 1.54) is 4.52 Å². The summed E-state index contributed by atoms with van der Waals surface area (Å²) in [6, 6.07) is 7.18. The highest BCUT2D eigenvalue weighted by atomic mass is 16.5. The standard InChI is InChI=1S/C17H18N4O3/c1-23-17-12(3-2-6-18-17)14-10-16(22)21-15(19-14)9-13(20-21)11-4-7-24-8-5-11/h2-3,6,9-11,22H,4-5,7-8H2,1H3. The van der Waals surface area contributed by atoms with Gasteiger partial charge in [-0.2, -0.15) is 9.61 Å². The Bertz CT molecular complexity index is 871. The molecular weight excluding hydrogens is 308 g/mol. The molecule has 0 aliphatic carbocycles. The molecular formula is C17H18N4O3. The van der Waals surface area contributed by atoms with Gasteiger partial charge in [0.25, 0.3) is 0 Å². The topological polar surface area (TPSA) is 81.8 Å². The van der Waals surface area contributed by atoms with Crippen molar-refractivity contribution < 1.29 is 14.6 Å². The second-order valence-electron chi connectivity index (χ2n) is 5.79. The summed E-state index contributed by atoms with van der Waals surface area (Å²) in [5, 5.41) is 14.9. The van der Waals surface area contributed by atoms with E-state index in [0.717, 1.165) is 37.3 Å². The minimum atomic E-state index is 0.0409. The molecule has 0 aromatic carbocycles. The third kappa shape index (κ3) is 2.56. The van der Waals surface area contributed by atoms with Crippen LogP contribution >= 0.6 is 0 Å². The van der Waals surface area contributed by atoms with Crippen LogP contribution in [0.4, 0.5) is 0 Å². The number of hydrogen-bond donors (Lipinski definition) is 1. The predicted octanol–water partition coefficient (Wildman–Crippen LogP) is 2.40. The molecule has 1 aliphatic heterocycles. The molecule has 0 bridgehead atoms. The van der Waals surface area contributed by atoms with Crippen LogP contribution in [0.5, 0.6) is 11.8 Å². The van der Waals surface area contributed by atoms with Crippen LogP contribution < -0.4 is 4.74 Å². The highest BCUT2D eigenvalue weighted by Crippen LogP contribution is 2.31. The van der Waals surface area contributed by atoms with Crippen LogP contribution in [-0.2, 0) is 4.74 Å². The van der Waals surface area contributed by atoms with Gasteiger partial charge in [-0.3, -0.25) is 0 Å². The van der Waals surface area contributed by atoms with Gasteiger partial charge in [-0.05, 0) is 25.0 Å². The SMILES string of the molecule is COc1ncccc1-c1cc(O)n2nc(C3CCOCC3)cc2n1. The third-order valence-electron chi connectivity index (χ3n) is 4.31. The Morgan fingerprint density at radius 2 is 2.12 bits per heavy atom. The summed E-state index contributed by atoms with van der Waals surface area (Å²) in [6.45, 7) is 1.49. The van der Waals surface area contributed by atoms with E-state index in [0.29, 0.717) is 23.1 Å². The average molecular weight is 326 g/mol. The Morgan fingerprint density at radius 1 is 1.29 bits per heavy atom. The van der Waals surface area contributed by atoms with Crippen LogP contribution in [0.25, 0.3) is 16.9 Å². The molecule has 0 unspecified atom stereocenters. The van der Waals surface area contributed by atoms with Crippen molar-refractivity contribution in [1.82, 2.24) is 19.6 Å². The molecule has 1 saturated heterocycles. The van der Waals surface area contributed by atoms with Crippen LogP contribution in [0.2, 0.25) is 0 Å². The van der Waals surface area contributed by atoms with Crippen LogP contribution in [0.1, 0.15) is 24.5 Å². The molecule has 1 N–H and O–H groups in total. The highest BCUT2D eigenvalue weighted by Gasteiger charge is 2.21. The average Bonchev–Trinajstić information content (AvgIpc) is 3.07. The van der Waals surface area contributed by atoms with E-state index in [4.69, 9.17) is 9.47 Å². The summed E-state index contributed by atoms with van der Waals surface area (Å²) in [7, 11) is 1.56. The van der Waals surface area contributed by atoms with E-state index in [1.807, 2.05) is 18.2 Å². The molecule has 1 fully saturated rings. The molecule has 7 nitrogen and oxygen atoms in total. The maximum atomic E-state index is 10.4. The summed E-state index contributed by atoms with van der Waals surface area (Å²) in [5.74, 6) is 0.855. The van der Waals surface area contributed by atoms with Crippen molar-refractivity contribution in [3.05, 3.63) is 36.2 Å². The van der Waals surface area contributed by atoms with E-state index < -0.39 is 0 Å². The molecule has 0 amide bonds. The predicted molar refractivity (Wildman–Crippen MR) is 87.2 cm³/mol. The maximum absolute atomic E-state index is 10.4. The Kier molecular flexibility index (Phi) is 3.78. The molecule has 0 radical (unpaired) electrons. The van der Waals surface area contributed by atoms with Gasteiger partial charge in [0.2, 0.25) is 11.8 Å². The van der Waals surface area contributed by atoms with E-state index in [1.54, 1.807) is 19.4 Å². The van der Waals surface area contributed by atoms with Crippen LogP contribution in [0.15, 0.2) is 30.5 Å². The first-order valence-electron chi connectivity index (χ1n) is 7.93. The Morgan fingerprint density at radius 3 is 2.92 bits per heavy atom. The number of ether oxygens (including phenoxy) is 2. The summed E-state index contributed by atoms with van der Waals surface area (Å²) >= 11 is 0. The van der Waals surface area contributed by atoms with Gasteiger partial charge in [-0.15, -0.1) is 0 Å². The normalized spacial score (nSPS) is 15.7. The summed E-state index contributed by atoms with van der Waals surface area (Å²) < 4.78 is 12.2. The van der Waals surface area contributed by atoms with E-state index in [9.17, 15) is 5.11 Å². The van der Waals surface area contributed by atoms with Gasteiger partial charge in [0, 0.05) is 37.5 Å². The molecule has 124 valence electrons. The first kappa shape index (κ1) is 14.9. The van der Waals surface area contributed by atoms with Crippen molar-refractivity contribution in [3.8, 4) is 23.0 Å². The van der Waals surface area contributed by atoms with Crippen molar-refractivity contribution in [3.63, 3.8) is 0 Å². The Balaban J connectivity index is 1.79. The molecule has 0 spiro atoms. The summed E-state index contributed by atoms with van der Waals surface area (Å²) in [5.41, 5.74) is 2.88. The zero-order valence-corrected chi connectivity index (χ0v) is 13.3. The van der Waals surface area contributed by atoms with Crippen LogP contribution in [0, 0.1) is 0 Å². The minimum absolute atomic E-state index is 0.0409. The Labute approximate surface area is 138 Å². The van der Waals surface area contributed by atoms with Crippen molar-refractivity contribution >= 4 is 5.65 Å². The van der Waals surface area contributed by atoms with Gasteiger partial charge in [-0.1, -0.05) is 0 Å². The summed E-state index contributed by atoms with van der Waals surface area (Å²) in [4.78, 5) is 8.80. The molecule has 0 atom stereocenters. The number of pyridine rings is 1. The number of aromatic nitrogens is 4. The number of hydrogen-bond acceptors (Lipinski definition) is 6. The molecule has 3 aromatic heterocycles. The van der Waals surface area contributed by atoms with E-state index >= 15 is 0 Å². The quantitative estimate of drug-likeness (QED) is 0.796. The van der Waals surface area contributed by atoms with Crippen molar-refractivity contribution in [2.45, 2.75) is 18.8 Å². The van der Waals surface area contributed by atoms with Crippen LogP contribution in [0.3, 0.4) is 0 Å². The first-order chi connectivity index (χ1) is 11.8. The molecule has 3 aromatic rings. The zero-order valence-electron chi connectivity index (χ0n) is 13.3. The fraction of sp³-hybridized carbons (Fsp3) is 0.353. The summed E-state index contributed by atoms with van der Waals surface area (Å²) in [6.07, 6.45) is 3.53. The van der Waals surface area contributed by atoms with Gasteiger partial charge in [-0.25, -0.2) is 9.97 Å². The number of methoxy groups -OCH3 is 1. The van der Waals surface area contributed by atoms with E-state index in [-0.39, 0.29) is 5.88 Å². The molecule has 24 heavy (non-hydrogen) atoms. The molecule has 4 rings (SSSR count). The van der Waals surface area contributed by atoms with Gasteiger partial charge < -0.3 is 14.6 Å². The zero-order chi connectivity index (χ0) is 16.5. The fourth-order valence-electron chi connectivity index (χ4n) is 3.06. The van der Waals surface area contributed by atoms with Crippen LogP contribution in [-0.4, -0.2) is 45.0 Å². The smallest absolute Gasteiger partial charge is 0.222 e. The number of aromatic hydroxyl groups is 1. The molecule has 0 saturated carbocycles. The minimum Gasteiger partial charge on any atom is -0.493 e. The maximum Gasteiger partial charge on any atom is 0.222 e. The first-order valence-corrected chi connectivity index (χ1v) is 7.93. The van der Waals surface area contributed by atoms with Crippen molar-refractivity contribution in [2.24, 2.45) is 0 Å². The number of fused-ring (bicyclic) bond motifs is 1. The van der Waals surface area contributed by atoms with Gasteiger partial charge in [0.15, 0.2) is 5.65 Å². The Hall–Kier alpha value is -2.67. The third-order valence-corrected chi connectivity index (χ3v) is 4.31. The monoisotopic (exact) mass is 326 g/mol. The highest BCUT2D eigenvalue weighted by molar-refractivity contribution is 5.67. The lowest BCUT2D eigenvalue weighted by Crippen LogP contribution is -2.14. The lowest BCUT2D eigenvalue weighted by atomic mass is 9.97. The second kappa shape index (κ2) is 6.09. The van der Waals surface area contributed by atoms with E-state index in [2.05, 4.69) is 15.1 Å². The second-order valence-corrected chi connectivity index (χ2v) is 5.79. The number of rotatable bonds is 3. The molecule has 1 aliphatic rings. The van der Waals surface area contributed by atoms with Crippen molar-refractivity contribution in [1.29, 1.82) is 0 Å². The van der Waals surface area contributed by atoms with Gasteiger partial charge in [0.05, 0.1) is 24.1 Å². The lowest BCUT2D eigenvalue weighted by molar-refractivity contribution is 0.0844. The fourth-order valence-corrected chi connectivity index (χ4v) is 3.06.